The number of benzene rings is 2. The van der Waals surface area contributed by atoms with Crippen molar-refractivity contribution in [3.8, 4) is 5.75 Å². The molecule has 0 saturated carbocycles. The number of nitrogens with zero attached hydrogens (tertiary/aromatic N) is 1. The van der Waals surface area contributed by atoms with Crippen molar-refractivity contribution in [3.05, 3.63) is 59.2 Å². The van der Waals surface area contributed by atoms with Crippen molar-refractivity contribution in [2.45, 2.75) is 20.4 Å². The molecule has 0 unspecified atom stereocenters. The number of hydrogen-bond donors (Lipinski definition) is 1. The zero-order valence-electron chi connectivity index (χ0n) is 14.2. The van der Waals surface area contributed by atoms with Crippen LogP contribution in [-0.2, 0) is 11.3 Å². The molecule has 2 aromatic rings. The third-order valence-corrected chi connectivity index (χ3v) is 3.79. The molecular weight excluding hydrogens is 288 g/mol. The van der Waals surface area contributed by atoms with Gasteiger partial charge in [-0.1, -0.05) is 18.2 Å². The van der Waals surface area contributed by atoms with E-state index in [1.165, 1.54) is 11.1 Å². The van der Waals surface area contributed by atoms with Gasteiger partial charge in [0.05, 0.1) is 13.7 Å². The molecule has 0 spiro atoms. The number of hydrogen-bond acceptors (Lipinski definition) is 3. The van der Waals surface area contributed by atoms with Gasteiger partial charge in [0.1, 0.15) is 5.75 Å². The van der Waals surface area contributed by atoms with Gasteiger partial charge >= 0.3 is 0 Å². The van der Waals surface area contributed by atoms with Gasteiger partial charge in [-0.3, -0.25) is 9.69 Å². The normalized spacial score (nSPS) is 10.7. The summed E-state index contributed by atoms with van der Waals surface area (Å²) < 4.78 is 5.22. The number of ether oxygens (including phenoxy) is 1. The minimum atomic E-state index is -0.0151. The van der Waals surface area contributed by atoms with Crippen LogP contribution in [0.25, 0.3) is 0 Å². The Morgan fingerprint density at radius 2 is 1.91 bits per heavy atom. The van der Waals surface area contributed by atoms with E-state index in [9.17, 15) is 4.79 Å². The summed E-state index contributed by atoms with van der Waals surface area (Å²) in [6.45, 7) is 5.13. The van der Waals surface area contributed by atoms with Crippen molar-refractivity contribution >= 4 is 11.6 Å². The zero-order chi connectivity index (χ0) is 16.8. The van der Waals surface area contributed by atoms with E-state index in [0.717, 1.165) is 17.0 Å². The van der Waals surface area contributed by atoms with E-state index in [1.807, 2.05) is 61.3 Å². The summed E-state index contributed by atoms with van der Waals surface area (Å²) in [5, 5.41) is 2.94. The minimum Gasteiger partial charge on any atom is -0.497 e. The highest BCUT2D eigenvalue weighted by atomic mass is 16.5. The third-order valence-electron chi connectivity index (χ3n) is 3.79. The molecule has 0 saturated heterocycles. The molecule has 0 bridgehead atoms. The van der Waals surface area contributed by atoms with Gasteiger partial charge in [-0.15, -0.1) is 0 Å². The second-order valence-electron chi connectivity index (χ2n) is 5.87. The second-order valence-corrected chi connectivity index (χ2v) is 5.87. The predicted molar refractivity (Wildman–Crippen MR) is 93.9 cm³/mol. The van der Waals surface area contributed by atoms with Gasteiger partial charge in [0.2, 0.25) is 5.91 Å². The molecule has 0 fully saturated rings. The molecule has 122 valence electrons. The molecule has 4 heteroatoms. The highest BCUT2D eigenvalue weighted by Crippen LogP contribution is 2.15. The molecule has 0 heterocycles. The van der Waals surface area contributed by atoms with Crippen LogP contribution in [0.3, 0.4) is 0 Å². The predicted octanol–water partition coefficient (Wildman–Crippen LogP) is 3.38. The first-order valence-electron chi connectivity index (χ1n) is 7.66. The maximum atomic E-state index is 12.2. The summed E-state index contributed by atoms with van der Waals surface area (Å²) in [5.74, 6) is 0.814. The number of carbonyl (C=O) groups is 1. The molecule has 0 atom stereocenters. The van der Waals surface area contributed by atoms with Crippen LogP contribution in [0.4, 0.5) is 5.69 Å². The maximum Gasteiger partial charge on any atom is 0.238 e. The molecule has 1 amide bonds. The fourth-order valence-electron chi connectivity index (χ4n) is 2.40. The Hall–Kier alpha value is -2.33. The van der Waals surface area contributed by atoms with Crippen LogP contribution >= 0.6 is 0 Å². The Morgan fingerprint density at radius 1 is 1.13 bits per heavy atom. The lowest BCUT2D eigenvalue weighted by molar-refractivity contribution is -0.117. The quantitative estimate of drug-likeness (QED) is 0.889. The van der Waals surface area contributed by atoms with E-state index in [2.05, 4.69) is 12.2 Å². The standard InChI is InChI=1S/C19H24N2O2/c1-14-8-9-17(10-15(14)2)20-19(22)13-21(3)12-16-6-5-7-18(11-16)23-4/h5-11H,12-13H2,1-4H3,(H,20,22). The zero-order valence-corrected chi connectivity index (χ0v) is 14.2. The minimum absolute atomic E-state index is 0.0151. The van der Waals surface area contributed by atoms with Crippen LogP contribution < -0.4 is 10.1 Å². The van der Waals surface area contributed by atoms with E-state index in [-0.39, 0.29) is 5.91 Å². The summed E-state index contributed by atoms with van der Waals surface area (Å²) in [4.78, 5) is 14.1. The Bertz CT molecular complexity index is 683. The molecule has 0 aromatic heterocycles. The molecular formula is C19H24N2O2. The van der Waals surface area contributed by atoms with Crippen LogP contribution in [0.5, 0.6) is 5.75 Å². The fraction of sp³-hybridized carbons (Fsp3) is 0.316. The van der Waals surface area contributed by atoms with Crippen molar-refractivity contribution in [1.82, 2.24) is 4.90 Å². The van der Waals surface area contributed by atoms with Crippen molar-refractivity contribution in [2.75, 3.05) is 26.0 Å². The van der Waals surface area contributed by atoms with Crippen LogP contribution in [-0.4, -0.2) is 31.5 Å². The number of amides is 1. The first kappa shape index (κ1) is 17.0. The first-order valence-corrected chi connectivity index (χ1v) is 7.66. The Labute approximate surface area is 138 Å². The third kappa shape index (κ3) is 5.11. The largest absolute Gasteiger partial charge is 0.497 e. The SMILES string of the molecule is COc1cccc(CN(C)CC(=O)Nc2ccc(C)c(C)c2)c1. The number of anilines is 1. The highest BCUT2D eigenvalue weighted by Gasteiger charge is 2.08. The molecule has 2 rings (SSSR count). The van der Waals surface area contributed by atoms with Crippen LogP contribution in [0, 0.1) is 13.8 Å². The summed E-state index contributed by atoms with van der Waals surface area (Å²) in [6, 6.07) is 13.8. The monoisotopic (exact) mass is 312 g/mol. The van der Waals surface area contributed by atoms with E-state index >= 15 is 0 Å². The Kier molecular flexibility index (Phi) is 5.77. The van der Waals surface area contributed by atoms with E-state index in [4.69, 9.17) is 4.74 Å². The smallest absolute Gasteiger partial charge is 0.238 e. The van der Waals surface area contributed by atoms with Gasteiger partial charge in [0.15, 0.2) is 0 Å². The number of methoxy groups -OCH3 is 1. The lowest BCUT2D eigenvalue weighted by atomic mass is 10.1. The lowest BCUT2D eigenvalue weighted by Gasteiger charge is -2.17. The number of rotatable bonds is 6. The number of likely N-dealkylation sites (N-methyl/N-ethyl adjacent to an activating group) is 1. The molecule has 2 aromatic carbocycles. The Balaban J connectivity index is 1.90. The highest BCUT2D eigenvalue weighted by molar-refractivity contribution is 5.92. The Morgan fingerprint density at radius 3 is 2.61 bits per heavy atom. The molecule has 0 radical (unpaired) electrons. The van der Waals surface area contributed by atoms with Gasteiger partial charge in [-0.2, -0.15) is 0 Å². The molecule has 0 aliphatic rings. The summed E-state index contributed by atoms with van der Waals surface area (Å²) in [5.41, 5.74) is 4.35. The van der Waals surface area contributed by atoms with Crippen molar-refractivity contribution < 1.29 is 9.53 Å². The molecule has 0 aliphatic heterocycles. The van der Waals surface area contributed by atoms with E-state index in [0.29, 0.717) is 13.1 Å². The van der Waals surface area contributed by atoms with E-state index < -0.39 is 0 Å². The second kappa shape index (κ2) is 7.79. The van der Waals surface area contributed by atoms with Crippen molar-refractivity contribution in [1.29, 1.82) is 0 Å². The topological polar surface area (TPSA) is 41.6 Å². The molecule has 1 N–H and O–H groups in total. The van der Waals surface area contributed by atoms with Crippen molar-refractivity contribution in [2.24, 2.45) is 0 Å². The van der Waals surface area contributed by atoms with E-state index in [1.54, 1.807) is 7.11 Å². The van der Waals surface area contributed by atoms with Crippen LogP contribution in [0.1, 0.15) is 16.7 Å². The van der Waals surface area contributed by atoms with Gasteiger partial charge in [-0.05, 0) is 61.9 Å². The molecule has 23 heavy (non-hydrogen) atoms. The van der Waals surface area contributed by atoms with Gasteiger partial charge in [0, 0.05) is 12.2 Å². The summed E-state index contributed by atoms with van der Waals surface area (Å²) >= 11 is 0. The number of aryl methyl sites for hydroxylation is 2. The lowest BCUT2D eigenvalue weighted by Crippen LogP contribution is -2.29. The summed E-state index contributed by atoms with van der Waals surface area (Å²) in [6.07, 6.45) is 0. The maximum absolute atomic E-state index is 12.2. The molecule has 0 aliphatic carbocycles. The number of nitrogens with one attached hydrogen (secondary N) is 1. The average molecular weight is 312 g/mol. The van der Waals surface area contributed by atoms with Crippen LogP contribution in [0.2, 0.25) is 0 Å². The van der Waals surface area contributed by atoms with Gasteiger partial charge in [-0.25, -0.2) is 0 Å². The van der Waals surface area contributed by atoms with Gasteiger partial charge in [0.25, 0.3) is 0 Å². The van der Waals surface area contributed by atoms with Gasteiger partial charge < -0.3 is 10.1 Å². The van der Waals surface area contributed by atoms with Crippen molar-refractivity contribution in [3.63, 3.8) is 0 Å². The van der Waals surface area contributed by atoms with Crippen LogP contribution in [0.15, 0.2) is 42.5 Å². The average Bonchev–Trinajstić information content (AvgIpc) is 2.51. The first-order chi connectivity index (χ1) is 11.0. The number of carbonyl (C=O) groups excluding carboxylic acids is 1. The molecule has 4 nitrogen and oxygen atoms in total. The fourth-order valence-corrected chi connectivity index (χ4v) is 2.40. The summed E-state index contributed by atoms with van der Waals surface area (Å²) in [7, 11) is 3.58.